The Hall–Kier alpha value is -1.06. The summed E-state index contributed by atoms with van der Waals surface area (Å²) in [6.45, 7) is 4.45. The number of carbonyl (C=O) groups excluding carboxylic acids is 2. The fraction of sp³-hybridized carbons (Fsp3) is 0.857. The van der Waals surface area contributed by atoms with Gasteiger partial charge in [-0.25, -0.2) is 0 Å². The Morgan fingerprint density at radius 3 is 2.72 bits per heavy atom. The smallest absolute Gasteiger partial charge is 0.243 e. The van der Waals surface area contributed by atoms with Crippen molar-refractivity contribution in [3.63, 3.8) is 0 Å². The number of hydrogen-bond donors (Lipinski definition) is 1. The Balaban J connectivity index is 2.12. The van der Waals surface area contributed by atoms with Crippen LogP contribution in [0, 0.1) is 5.92 Å². The van der Waals surface area contributed by atoms with Gasteiger partial charge in [0.1, 0.15) is 6.04 Å². The van der Waals surface area contributed by atoms with Gasteiger partial charge in [-0.15, -0.1) is 0 Å². The standard InChI is InChI=1S/C14H24N2O2/c1-3-12-14(18)15-9-13(17)16(12)11-6-4-5-10(2)7-8-11/h10-12H,3-9H2,1-2H3,(H,15,18). The van der Waals surface area contributed by atoms with Crippen molar-refractivity contribution in [2.75, 3.05) is 6.54 Å². The molecule has 1 aliphatic carbocycles. The van der Waals surface area contributed by atoms with Crippen LogP contribution in [-0.4, -0.2) is 35.3 Å². The van der Waals surface area contributed by atoms with Crippen LogP contribution in [0.2, 0.25) is 0 Å². The minimum atomic E-state index is -0.246. The second-order valence-electron chi connectivity index (χ2n) is 5.71. The van der Waals surface area contributed by atoms with E-state index in [9.17, 15) is 9.59 Å². The maximum atomic E-state index is 12.1. The summed E-state index contributed by atoms with van der Waals surface area (Å²) in [7, 11) is 0. The van der Waals surface area contributed by atoms with E-state index in [2.05, 4.69) is 12.2 Å². The molecule has 4 heteroatoms. The van der Waals surface area contributed by atoms with Gasteiger partial charge in [0.2, 0.25) is 11.8 Å². The minimum absolute atomic E-state index is 0.0226. The largest absolute Gasteiger partial charge is 0.345 e. The van der Waals surface area contributed by atoms with Gasteiger partial charge in [-0.2, -0.15) is 0 Å². The van der Waals surface area contributed by atoms with Crippen molar-refractivity contribution in [3.05, 3.63) is 0 Å². The van der Waals surface area contributed by atoms with Crippen LogP contribution in [0.5, 0.6) is 0 Å². The van der Waals surface area contributed by atoms with Crippen LogP contribution in [-0.2, 0) is 9.59 Å². The zero-order valence-electron chi connectivity index (χ0n) is 11.4. The molecule has 1 aliphatic heterocycles. The summed E-state index contributed by atoms with van der Waals surface area (Å²) in [4.78, 5) is 25.9. The Bertz CT molecular complexity index is 330. The first-order valence-electron chi connectivity index (χ1n) is 7.22. The summed E-state index contributed by atoms with van der Waals surface area (Å²) < 4.78 is 0. The molecule has 18 heavy (non-hydrogen) atoms. The van der Waals surface area contributed by atoms with Gasteiger partial charge in [-0.3, -0.25) is 9.59 Å². The molecule has 1 heterocycles. The van der Waals surface area contributed by atoms with E-state index in [0.29, 0.717) is 6.42 Å². The molecule has 2 rings (SSSR count). The quantitative estimate of drug-likeness (QED) is 0.760. The van der Waals surface area contributed by atoms with Crippen molar-refractivity contribution in [1.82, 2.24) is 10.2 Å². The second kappa shape index (κ2) is 5.72. The molecule has 1 saturated heterocycles. The first-order chi connectivity index (χ1) is 8.63. The molecule has 2 fully saturated rings. The SMILES string of the molecule is CCC1C(=O)NCC(=O)N1C1CCCC(C)CC1. The molecule has 0 radical (unpaired) electrons. The number of nitrogens with zero attached hydrogens (tertiary/aromatic N) is 1. The van der Waals surface area contributed by atoms with E-state index in [4.69, 9.17) is 0 Å². The summed E-state index contributed by atoms with van der Waals surface area (Å²) in [5.74, 6) is 0.874. The van der Waals surface area contributed by atoms with Crippen molar-refractivity contribution in [2.45, 2.75) is 64.5 Å². The van der Waals surface area contributed by atoms with E-state index in [1.54, 1.807) is 0 Å². The maximum Gasteiger partial charge on any atom is 0.243 e. The van der Waals surface area contributed by atoms with E-state index >= 15 is 0 Å². The fourth-order valence-corrected chi connectivity index (χ4v) is 3.26. The highest BCUT2D eigenvalue weighted by Crippen LogP contribution is 2.28. The second-order valence-corrected chi connectivity index (χ2v) is 5.71. The molecule has 2 aliphatic rings. The van der Waals surface area contributed by atoms with Gasteiger partial charge in [0, 0.05) is 6.04 Å². The van der Waals surface area contributed by atoms with Crippen molar-refractivity contribution in [3.8, 4) is 0 Å². The van der Waals surface area contributed by atoms with Crippen LogP contribution in [0.4, 0.5) is 0 Å². The normalized spacial score (nSPS) is 34.1. The number of piperazine rings is 1. The van der Waals surface area contributed by atoms with Crippen molar-refractivity contribution in [1.29, 1.82) is 0 Å². The fourth-order valence-electron chi connectivity index (χ4n) is 3.26. The predicted octanol–water partition coefficient (Wildman–Crippen LogP) is 1.69. The van der Waals surface area contributed by atoms with Gasteiger partial charge in [-0.1, -0.05) is 26.7 Å². The van der Waals surface area contributed by atoms with Crippen LogP contribution in [0.1, 0.15) is 52.4 Å². The summed E-state index contributed by atoms with van der Waals surface area (Å²) in [6, 6.07) is 0.0307. The number of nitrogens with one attached hydrogen (secondary N) is 1. The minimum Gasteiger partial charge on any atom is -0.345 e. The molecule has 0 aromatic rings. The van der Waals surface area contributed by atoms with E-state index in [-0.39, 0.29) is 30.4 Å². The predicted molar refractivity (Wildman–Crippen MR) is 70.0 cm³/mol. The van der Waals surface area contributed by atoms with Crippen molar-refractivity contribution >= 4 is 11.8 Å². The van der Waals surface area contributed by atoms with E-state index < -0.39 is 0 Å². The highest BCUT2D eigenvalue weighted by atomic mass is 16.2. The Morgan fingerprint density at radius 2 is 2.00 bits per heavy atom. The van der Waals surface area contributed by atoms with Crippen LogP contribution < -0.4 is 5.32 Å². The molecule has 0 aromatic carbocycles. The third-order valence-corrected chi connectivity index (χ3v) is 4.35. The first-order valence-corrected chi connectivity index (χ1v) is 7.22. The van der Waals surface area contributed by atoms with E-state index in [1.807, 2.05) is 11.8 Å². The molecule has 0 spiro atoms. The summed E-state index contributed by atoms with van der Waals surface area (Å²) in [6.07, 6.45) is 6.42. The molecule has 3 atom stereocenters. The van der Waals surface area contributed by atoms with Gasteiger partial charge in [0.15, 0.2) is 0 Å². The number of carbonyl (C=O) groups is 2. The molecular weight excluding hydrogens is 228 g/mol. The average molecular weight is 252 g/mol. The molecule has 3 unspecified atom stereocenters. The zero-order valence-corrected chi connectivity index (χ0v) is 11.4. The van der Waals surface area contributed by atoms with Crippen LogP contribution >= 0.6 is 0 Å². The first kappa shape index (κ1) is 13.4. The molecule has 0 bridgehead atoms. The van der Waals surface area contributed by atoms with Gasteiger partial charge < -0.3 is 10.2 Å². The van der Waals surface area contributed by atoms with Gasteiger partial charge >= 0.3 is 0 Å². The number of hydrogen-bond acceptors (Lipinski definition) is 2. The summed E-state index contributed by atoms with van der Waals surface area (Å²) in [5, 5.41) is 2.70. The van der Waals surface area contributed by atoms with Crippen molar-refractivity contribution in [2.24, 2.45) is 5.92 Å². The third-order valence-electron chi connectivity index (χ3n) is 4.35. The maximum absolute atomic E-state index is 12.1. The molecule has 2 amide bonds. The Kier molecular flexibility index (Phi) is 4.25. The van der Waals surface area contributed by atoms with Crippen LogP contribution in [0.25, 0.3) is 0 Å². The molecule has 4 nitrogen and oxygen atoms in total. The topological polar surface area (TPSA) is 49.4 Å². The summed E-state index contributed by atoms with van der Waals surface area (Å²) in [5.41, 5.74) is 0. The van der Waals surface area contributed by atoms with E-state index in [1.165, 1.54) is 19.3 Å². The van der Waals surface area contributed by atoms with Crippen LogP contribution in [0.15, 0.2) is 0 Å². The summed E-state index contributed by atoms with van der Waals surface area (Å²) >= 11 is 0. The van der Waals surface area contributed by atoms with E-state index in [0.717, 1.165) is 18.8 Å². The average Bonchev–Trinajstić information content (AvgIpc) is 2.56. The highest BCUT2D eigenvalue weighted by Gasteiger charge is 2.37. The van der Waals surface area contributed by atoms with Gasteiger partial charge in [0.05, 0.1) is 6.54 Å². The number of amides is 2. The molecule has 102 valence electrons. The lowest BCUT2D eigenvalue weighted by atomic mass is 10.00. The van der Waals surface area contributed by atoms with Gasteiger partial charge in [-0.05, 0) is 31.6 Å². The lowest BCUT2D eigenvalue weighted by Gasteiger charge is -2.40. The molecule has 1 N–H and O–H groups in total. The number of rotatable bonds is 2. The Labute approximate surface area is 109 Å². The monoisotopic (exact) mass is 252 g/mol. The van der Waals surface area contributed by atoms with Gasteiger partial charge in [0.25, 0.3) is 0 Å². The highest BCUT2D eigenvalue weighted by molar-refractivity contribution is 5.94. The molecule has 1 saturated carbocycles. The van der Waals surface area contributed by atoms with Crippen LogP contribution in [0.3, 0.4) is 0 Å². The molecular formula is C14H24N2O2. The third kappa shape index (κ3) is 2.68. The molecule has 0 aromatic heterocycles. The van der Waals surface area contributed by atoms with Crippen molar-refractivity contribution < 1.29 is 9.59 Å². The lowest BCUT2D eigenvalue weighted by Crippen LogP contribution is -2.61. The zero-order chi connectivity index (χ0) is 13.1. The Morgan fingerprint density at radius 1 is 1.22 bits per heavy atom. The lowest BCUT2D eigenvalue weighted by molar-refractivity contribution is -0.148.